The molecule has 4 heteroatoms. The predicted octanol–water partition coefficient (Wildman–Crippen LogP) is -0.793. The van der Waals surface area contributed by atoms with E-state index >= 15 is 0 Å². The van der Waals surface area contributed by atoms with Crippen LogP contribution in [0.15, 0.2) is 23.3 Å². The van der Waals surface area contributed by atoms with Crippen molar-refractivity contribution in [1.29, 1.82) is 0 Å². The molecule has 0 amide bonds. The van der Waals surface area contributed by atoms with E-state index in [0.717, 1.165) is 0 Å². The largest absolute Gasteiger partial charge is 0.464 e. The van der Waals surface area contributed by atoms with Crippen LogP contribution in [0.1, 0.15) is 20.8 Å². The molecule has 0 spiro atoms. The SMILES string of the molecule is CC1=CC(=O)C=C(C)C1(O)[NH+]=C(C)O. The van der Waals surface area contributed by atoms with Gasteiger partial charge in [-0.25, -0.2) is 0 Å². The molecule has 0 radical (unpaired) electrons. The second-order valence-electron chi connectivity index (χ2n) is 3.48. The molecule has 0 atom stereocenters. The summed E-state index contributed by atoms with van der Waals surface area (Å²) >= 11 is 0. The van der Waals surface area contributed by atoms with E-state index in [2.05, 4.69) is 4.99 Å². The smallest absolute Gasteiger partial charge is 0.331 e. The maximum atomic E-state index is 11.1. The van der Waals surface area contributed by atoms with Crippen LogP contribution in [0, 0.1) is 0 Å². The van der Waals surface area contributed by atoms with Gasteiger partial charge in [-0.05, 0) is 26.0 Å². The first-order valence-corrected chi connectivity index (χ1v) is 4.31. The summed E-state index contributed by atoms with van der Waals surface area (Å²) in [5.74, 6) is -0.246. The van der Waals surface area contributed by atoms with Crippen molar-refractivity contribution in [3.63, 3.8) is 0 Å². The quantitative estimate of drug-likeness (QED) is 0.292. The lowest BCUT2D eigenvalue weighted by atomic mass is 9.90. The molecule has 0 saturated carbocycles. The summed E-state index contributed by atoms with van der Waals surface area (Å²) in [7, 11) is 0. The number of carbonyl (C=O) groups excluding carboxylic acids is 1. The second kappa shape index (κ2) is 3.38. The number of allylic oxidation sites excluding steroid dienone is 2. The first kappa shape index (κ1) is 10.7. The van der Waals surface area contributed by atoms with Gasteiger partial charge in [0.15, 0.2) is 5.78 Å². The topological polar surface area (TPSA) is 71.5 Å². The molecule has 0 aromatic heterocycles. The van der Waals surface area contributed by atoms with E-state index in [-0.39, 0.29) is 11.7 Å². The Balaban J connectivity index is 3.22. The van der Waals surface area contributed by atoms with Crippen molar-refractivity contribution in [1.82, 2.24) is 0 Å². The van der Waals surface area contributed by atoms with E-state index < -0.39 is 5.72 Å². The van der Waals surface area contributed by atoms with Crippen LogP contribution in [0.2, 0.25) is 0 Å². The van der Waals surface area contributed by atoms with Crippen molar-refractivity contribution in [2.24, 2.45) is 0 Å². The third-order valence-electron chi connectivity index (χ3n) is 2.22. The molecule has 0 fully saturated rings. The second-order valence-corrected chi connectivity index (χ2v) is 3.48. The van der Waals surface area contributed by atoms with Crippen LogP contribution in [0.5, 0.6) is 0 Å². The van der Waals surface area contributed by atoms with Gasteiger partial charge in [0.25, 0.3) is 0 Å². The third kappa shape index (κ3) is 1.75. The standard InChI is InChI=1S/C10H13NO3/c1-6-4-9(13)5-7(2)10(6,14)11-8(3)12/h4-5,14H,1-3H3,(H,11,12)/p+1. The Hall–Kier alpha value is -1.42. The minimum absolute atomic E-state index is 0.0950. The number of carbonyl (C=O) groups is 1. The summed E-state index contributed by atoms with van der Waals surface area (Å²) in [6.45, 7) is 4.68. The number of aliphatic hydroxyl groups excluding tert-OH is 1. The molecule has 1 aliphatic carbocycles. The average molecular weight is 196 g/mol. The molecule has 1 rings (SSSR count). The van der Waals surface area contributed by atoms with Crippen LogP contribution < -0.4 is 4.99 Å². The van der Waals surface area contributed by atoms with Crippen LogP contribution in [-0.4, -0.2) is 27.6 Å². The summed E-state index contributed by atoms with van der Waals surface area (Å²) in [5.41, 5.74) is -0.501. The molecular weight excluding hydrogens is 182 g/mol. The minimum Gasteiger partial charge on any atom is -0.464 e. The van der Waals surface area contributed by atoms with Gasteiger partial charge in [0, 0.05) is 11.1 Å². The van der Waals surface area contributed by atoms with E-state index in [9.17, 15) is 9.90 Å². The zero-order valence-electron chi connectivity index (χ0n) is 8.46. The Morgan fingerprint density at radius 3 is 2.14 bits per heavy atom. The van der Waals surface area contributed by atoms with Gasteiger partial charge in [0.2, 0.25) is 0 Å². The van der Waals surface area contributed by atoms with Crippen molar-refractivity contribution < 1.29 is 20.0 Å². The number of ketones is 1. The Labute approximate surface area is 82.3 Å². The molecule has 3 N–H and O–H groups in total. The molecule has 14 heavy (non-hydrogen) atoms. The highest BCUT2D eigenvalue weighted by Gasteiger charge is 2.40. The fourth-order valence-electron chi connectivity index (χ4n) is 1.45. The van der Waals surface area contributed by atoms with Gasteiger partial charge in [-0.15, -0.1) is 0 Å². The monoisotopic (exact) mass is 196 g/mol. The minimum atomic E-state index is -1.44. The van der Waals surface area contributed by atoms with E-state index in [1.165, 1.54) is 19.1 Å². The van der Waals surface area contributed by atoms with Crippen molar-refractivity contribution in [3.8, 4) is 0 Å². The normalized spacial score (nSPS) is 21.7. The lowest BCUT2D eigenvalue weighted by Gasteiger charge is -2.22. The van der Waals surface area contributed by atoms with Gasteiger partial charge >= 0.3 is 11.6 Å². The van der Waals surface area contributed by atoms with E-state index in [0.29, 0.717) is 11.1 Å². The van der Waals surface area contributed by atoms with Gasteiger partial charge in [-0.2, -0.15) is 4.99 Å². The Morgan fingerprint density at radius 2 is 1.79 bits per heavy atom. The fraction of sp³-hybridized carbons (Fsp3) is 0.400. The zero-order chi connectivity index (χ0) is 10.9. The first-order chi connectivity index (χ1) is 6.36. The Kier molecular flexibility index (Phi) is 2.57. The molecule has 0 aliphatic heterocycles. The molecule has 0 unspecified atom stereocenters. The molecule has 0 aromatic carbocycles. The predicted molar refractivity (Wildman–Crippen MR) is 51.7 cm³/mol. The number of hydrogen-bond acceptors (Lipinski definition) is 2. The van der Waals surface area contributed by atoms with Gasteiger partial charge < -0.3 is 10.2 Å². The molecule has 4 nitrogen and oxygen atoms in total. The lowest BCUT2D eigenvalue weighted by Crippen LogP contribution is -2.88. The summed E-state index contributed by atoms with van der Waals surface area (Å²) in [5, 5.41) is 19.2. The molecule has 1 aliphatic rings. The van der Waals surface area contributed by atoms with E-state index in [1.807, 2.05) is 0 Å². The summed E-state index contributed by atoms with van der Waals surface area (Å²) < 4.78 is 0. The summed E-state index contributed by atoms with van der Waals surface area (Å²) in [6.07, 6.45) is 2.67. The first-order valence-electron chi connectivity index (χ1n) is 4.31. The number of rotatable bonds is 1. The van der Waals surface area contributed by atoms with Crippen molar-refractivity contribution in [2.45, 2.75) is 26.5 Å². The van der Waals surface area contributed by atoms with E-state index in [1.54, 1.807) is 13.8 Å². The molecular formula is C10H14NO3+. The van der Waals surface area contributed by atoms with Crippen molar-refractivity contribution >= 4 is 11.7 Å². The maximum Gasteiger partial charge on any atom is 0.331 e. The molecule has 0 saturated heterocycles. The maximum absolute atomic E-state index is 11.1. The molecule has 76 valence electrons. The van der Waals surface area contributed by atoms with Crippen molar-refractivity contribution in [3.05, 3.63) is 23.3 Å². The Morgan fingerprint density at radius 1 is 1.36 bits per heavy atom. The van der Waals surface area contributed by atoms with Crippen LogP contribution in [0.25, 0.3) is 0 Å². The fourth-order valence-corrected chi connectivity index (χ4v) is 1.45. The molecule has 0 aromatic rings. The van der Waals surface area contributed by atoms with Crippen LogP contribution >= 0.6 is 0 Å². The summed E-state index contributed by atoms with van der Waals surface area (Å²) in [4.78, 5) is 13.6. The Bertz CT molecular complexity index is 338. The van der Waals surface area contributed by atoms with Gasteiger partial charge in [-0.3, -0.25) is 4.79 Å². The van der Waals surface area contributed by atoms with Crippen LogP contribution in [0.4, 0.5) is 0 Å². The van der Waals surface area contributed by atoms with Gasteiger partial charge in [0.05, 0.1) is 6.92 Å². The zero-order valence-corrected chi connectivity index (χ0v) is 8.46. The third-order valence-corrected chi connectivity index (χ3v) is 2.22. The van der Waals surface area contributed by atoms with Crippen LogP contribution in [-0.2, 0) is 4.79 Å². The average Bonchev–Trinajstić information content (AvgIpc) is 1.99. The van der Waals surface area contributed by atoms with E-state index in [4.69, 9.17) is 5.11 Å². The van der Waals surface area contributed by atoms with Crippen LogP contribution in [0.3, 0.4) is 0 Å². The highest BCUT2D eigenvalue weighted by Crippen LogP contribution is 2.21. The highest BCUT2D eigenvalue weighted by molar-refractivity contribution is 6.01. The van der Waals surface area contributed by atoms with Crippen molar-refractivity contribution in [2.75, 3.05) is 0 Å². The number of aliphatic hydroxyl groups is 2. The number of hydrogen-bond donors (Lipinski definition) is 3. The summed E-state index contributed by atoms with van der Waals surface area (Å²) in [6, 6.07) is 0. The highest BCUT2D eigenvalue weighted by atomic mass is 16.3. The lowest BCUT2D eigenvalue weighted by molar-refractivity contribution is -0.592. The number of nitrogens with one attached hydrogen (secondary N) is 1. The molecule has 0 heterocycles. The van der Waals surface area contributed by atoms with Gasteiger partial charge in [0.1, 0.15) is 0 Å². The molecule has 0 bridgehead atoms. The van der Waals surface area contributed by atoms with Gasteiger partial charge in [-0.1, -0.05) is 0 Å².